The van der Waals surface area contributed by atoms with Crippen LogP contribution in [0.25, 0.3) is 0 Å². The standard InChI is InChI=1S/C17H18ClNOS/c1-3-11(2)13-6-4-5-7-16(13)20-12-8-9-14(17(19)21)15(18)10-12/h4-11H,3H2,1-2H3,(H2,19,21). The summed E-state index contributed by atoms with van der Waals surface area (Å²) in [5.41, 5.74) is 7.46. The van der Waals surface area contributed by atoms with Gasteiger partial charge in [-0.3, -0.25) is 0 Å². The van der Waals surface area contributed by atoms with Crippen molar-refractivity contribution in [2.24, 2.45) is 5.73 Å². The van der Waals surface area contributed by atoms with E-state index in [0.29, 0.717) is 22.3 Å². The molecule has 1 unspecified atom stereocenters. The fourth-order valence-electron chi connectivity index (χ4n) is 2.09. The molecule has 2 aromatic rings. The molecular formula is C17H18ClNOS. The lowest BCUT2D eigenvalue weighted by molar-refractivity contribution is 0.470. The lowest BCUT2D eigenvalue weighted by atomic mass is 9.98. The summed E-state index contributed by atoms with van der Waals surface area (Å²) in [6.07, 6.45) is 1.06. The van der Waals surface area contributed by atoms with Crippen molar-refractivity contribution in [2.75, 3.05) is 0 Å². The molecule has 0 aliphatic rings. The van der Waals surface area contributed by atoms with E-state index >= 15 is 0 Å². The Bertz CT molecular complexity index is 657. The molecule has 0 saturated carbocycles. The number of hydrogen-bond acceptors (Lipinski definition) is 2. The maximum atomic E-state index is 6.17. The Morgan fingerprint density at radius 3 is 2.62 bits per heavy atom. The Kier molecular flexibility index (Phi) is 5.21. The Labute approximate surface area is 135 Å². The second kappa shape index (κ2) is 6.92. The van der Waals surface area contributed by atoms with E-state index in [1.54, 1.807) is 12.1 Å². The number of para-hydroxylation sites is 1. The van der Waals surface area contributed by atoms with Crippen LogP contribution in [0, 0.1) is 0 Å². The third kappa shape index (κ3) is 3.74. The van der Waals surface area contributed by atoms with Gasteiger partial charge >= 0.3 is 0 Å². The van der Waals surface area contributed by atoms with Crippen LogP contribution in [0.1, 0.15) is 37.3 Å². The molecule has 2 nitrogen and oxygen atoms in total. The summed E-state index contributed by atoms with van der Waals surface area (Å²) >= 11 is 11.1. The van der Waals surface area contributed by atoms with Gasteiger partial charge in [0.15, 0.2) is 0 Å². The molecular weight excluding hydrogens is 302 g/mol. The van der Waals surface area contributed by atoms with E-state index in [1.165, 1.54) is 5.56 Å². The van der Waals surface area contributed by atoms with Crippen LogP contribution in [0.4, 0.5) is 0 Å². The minimum atomic E-state index is 0.284. The molecule has 0 fully saturated rings. The highest BCUT2D eigenvalue weighted by Crippen LogP contribution is 2.33. The van der Waals surface area contributed by atoms with Crippen LogP contribution in [0.2, 0.25) is 5.02 Å². The summed E-state index contributed by atoms with van der Waals surface area (Å²) in [4.78, 5) is 0.284. The Balaban J connectivity index is 2.31. The molecule has 0 amide bonds. The summed E-state index contributed by atoms with van der Waals surface area (Å²) in [6.45, 7) is 4.35. The zero-order chi connectivity index (χ0) is 15.4. The van der Waals surface area contributed by atoms with Crippen molar-refractivity contribution >= 4 is 28.8 Å². The molecule has 0 bridgehead atoms. The van der Waals surface area contributed by atoms with Crippen molar-refractivity contribution in [1.82, 2.24) is 0 Å². The number of nitrogens with two attached hydrogens (primary N) is 1. The highest BCUT2D eigenvalue weighted by Gasteiger charge is 2.11. The Morgan fingerprint density at radius 1 is 1.29 bits per heavy atom. The smallest absolute Gasteiger partial charge is 0.130 e. The van der Waals surface area contributed by atoms with Crippen LogP contribution in [0.5, 0.6) is 11.5 Å². The number of benzene rings is 2. The van der Waals surface area contributed by atoms with E-state index in [2.05, 4.69) is 19.9 Å². The van der Waals surface area contributed by atoms with E-state index in [1.807, 2.05) is 24.3 Å². The minimum Gasteiger partial charge on any atom is -0.457 e. The molecule has 2 rings (SSSR count). The molecule has 2 aromatic carbocycles. The minimum absolute atomic E-state index is 0.284. The van der Waals surface area contributed by atoms with E-state index < -0.39 is 0 Å². The first-order chi connectivity index (χ1) is 10.0. The topological polar surface area (TPSA) is 35.2 Å². The SMILES string of the molecule is CCC(C)c1ccccc1Oc1ccc(C(N)=S)c(Cl)c1. The van der Waals surface area contributed by atoms with Crippen LogP contribution in [-0.2, 0) is 0 Å². The normalized spacial score (nSPS) is 12.0. The molecule has 4 heteroatoms. The van der Waals surface area contributed by atoms with E-state index in [0.717, 1.165) is 12.2 Å². The van der Waals surface area contributed by atoms with Crippen LogP contribution >= 0.6 is 23.8 Å². The molecule has 0 saturated heterocycles. The lowest BCUT2D eigenvalue weighted by Crippen LogP contribution is -2.09. The maximum Gasteiger partial charge on any atom is 0.130 e. The fraction of sp³-hybridized carbons (Fsp3) is 0.235. The zero-order valence-electron chi connectivity index (χ0n) is 12.1. The second-order valence-corrected chi connectivity index (χ2v) is 5.80. The molecule has 21 heavy (non-hydrogen) atoms. The third-order valence-corrected chi connectivity index (χ3v) is 4.03. The average Bonchev–Trinajstić information content (AvgIpc) is 2.46. The lowest BCUT2D eigenvalue weighted by Gasteiger charge is -2.16. The number of ether oxygens (including phenoxy) is 1. The van der Waals surface area contributed by atoms with Gasteiger partial charge in [0, 0.05) is 11.6 Å². The highest BCUT2D eigenvalue weighted by molar-refractivity contribution is 7.80. The van der Waals surface area contributed by atoms with Crippen molar-refractivity contribution in [3.63, 3.8) is 0 Å². The molecule has 0 radical (unpaired) electrons. The van der Waals surface area contributed by atoms with Gasteiger partial charge in [-0.15, -0.1) is 0 Å². The zero-order valence-corrected chi connectivity index (χ0v) is 13.7. The maximum absolute atomic E-state index is 6.17. The Hall–Kier alpha value is -1.58. The molecule has 0 spiro atoms. The number of rotatable bonds is 5. The Morgan fingerprint density at radius 2 is 2.00 bits per heavy atom. The van der Waals surface area contributed by atoms with Crippen LogP contribution in [-0.4, -0.2) is 4.99 Å². The quantitative estimate of drug-likeness (QED) is 0.761. The third-order valence-electron chi connectivity index (χ3n) is 3.50. The molecule has 0 aliphatic heterocycles. The van der Waals surface area contributed by atoms with Gasteiger partial charge < -0.3 is 10.5 Å². The predicted octanol–water partition coefficient (Wildman–Crippen LogP) is 5.28. The first-order valence-electron chi connectivity index (χ1n) is 6.89. The summed E-state index contributed by atoms with van der Waals surface area (Å²) < 4.78 is 5.98. The van der Waals surface area contributed by atoms with E-state index in [9.17, 15) is 0 Å². The number of thiocarbonyl (C=S) groups is 1. The monoisotopic (exact) mass is 319 g/mol. The van der Waals surface area contributed by atoms with Crippen LogP contribution < -0.4 is 10.5 Å². The largest absolute Gasteiger partial charge is 0.457 e. The van der Waals surface area contributed by atoms with Gasteiger partial charge in [0.2, 0.25) is 0 Å². The second-order valence-electron chi connectivity index (χ2n) is 4.96. The average molecular weight is 320 g/mol. The first-order valence-corrected chi connectivity index (χ1v) is 7.67. The van der Waals surface area contributed by atoms with E-state index in [4.69, 9.17) is 34.3 Å². The molecule has 1 atom stereocenters. The molecule has 2 N–H and O–H groups in total. The van der Waals surface area contributed by atoms with Gasteiger partial charge in [-0.2, -0.15) is 0 Å². The fourth-order valence-corrected chi connectivity index (χ4v) is 2.59. The molecule has 110 valence electrons. The van der Waals surface area contributed by atoms with Crippen molar-refractivity contribution in [3.05, 3.63) is 58.6 Å². The van der Waals surface area contributed by atoms with E-state index in [-0.39, 0.29) is 4.99 Å². The number of hydrogen-bond donors (Lipinski definition) is 1. The van der Waals surface area contributed by atoms with Gasteiger partial charge in [0.1, 0.15) is 16.5 Å². The van der Waals surface area contributed by atoms with Gasteiger partial charge in [-0.1, -0.05) is 55.9 Å². The summed E-state index contributed by atoms with van der Waals surface area (Å²) in [6, 6.07) is 13.4. The van der Waals surface area contributed by atoms with Gasteiger partial charge in [-0.05, 0) is 36.1 Å². The molecule has 0 heterocycles. The predicted molar refractivity (Wildman–Crippen MR) is 92.6 cm³/mol. The summed E-state index contributed by atoms with van der Waals surface area (Å²) in [5.74, 6) is 1.97. The van der Waals surface area contributed by atoms with Gasteiger partial charge in [-0.25, -0.2) is 0 Å². The number of halogens is 1. The molecule has 0 aromatic heterocycles. The highest BCUT2D eigenvalue weighted by atomic mass is 35.5. The summed E-state index contributed by atoms with van der Waals surface area (Å²) in [7, 11) is 0. The van der Waals surface area contributed by atoms with Crippen LogP contribution in [0.15, 0.2) is 42.5 Å². The summed E-state index contributed by atoms with van der Waals surface area (Å²) in [5, 5.41) is 0.501. The van der Waals surface area contributed by atoms with Gasteiger partial charge in [0.05, 0.1) is 5.02 Å². The van der Waals surface area contributed by atoms with Gasteiger partial charge in [0.25, 0.3) is 0 Å². The first kappa shape index (κ1) is 15.8. The van der Waals surface area contributed by atoms with Crippen LogP contribution in [0.3, 0.4) is 0 Å². The van der Waals surface area contributed by atoms with Crippen molar-refractivity contribution in [3.8, 4) is 11.5 Å². The van der Waals surface area contributed by atoms with Crippen molar-refractivity contribution in [2.45, 2.75) is 26.2 Å². The van der Waals surface area contributed by atoms with Crippen molar-refractivity contribution < 1.29 is 4.74 Å². The van der Waals surface area contributed by atoms with Crippen molar-refractivity contribution in [1.29, 1.82) is 0 Å². The molecule has 0 aliphatic carbocycles.